The highest BCUT2D eigenvalue weighted by Crippen LogP contribution is 2.41. The van der Waals surface area contributed by atoms with E-state index in [-0.39, 0.29) is 11.9 Å². The van der Waals surface area contributed by atoms with Crippen LogP contribution < -0.4 is 10.2 Å². The Morgan fingerprint density at radius 1 is 1.12 bits per heavy atom. The van der Waals surface area contributed by atoms with E-state index in [0.717, 1.165) is 40.6 Å². The Bertz CT molecular complexity index is 1040. The molecule has 2 aliphatic rings. The number of hydrogen-bond acceptors (Lipinski definition) is 6. The number of nitrogens with one attached hydrogen (secondary N) is 1. The fourth-order valence-corrected chi connectivity index (χ4v) is 6.07. The topological polar surface area (TPSA) is 63.1 Å². The minimum atomic E-state index is -0.105. The van der Waals surface area contributed by atoms with E-state index >= 15 is 0 Å². The summed E-state index contributed by atoms with van der Waals surface area (Å²) in [5.41, 5.74) is 1.11. The largest absolute Gasteiger partial charge is 0.344 e. The minimum absolute atomic E-state index is 0.0625. The van der Waals surface area contributed by atoms with Gasteiger partial charge in [0.1, 0.15) is 0 Å². The Labute approximate surface area is 203 Å². The lowest BCUT2D eigenvalue weighted by atomic mass is 10.00. The van der Waals surface area contributed by atoms with E-state index in [4.69, 9.17) is 0 Å². The maximum Gasteiger partial charge on any atom is 0.228 e. The van der Waals surface area contributed by atoms with Gasteiger partial charge in [-0.05, 0) is 48.6 Å². The highest BCUT2D eigenvalue weighted by Gasteiger charge is 2.32. The van der Waals surface area contributed by atoms with Crippen LogP contribution in [0, 0.1) is 5.92 Å². The average molecular weight is 482 g/mol. The molecular formula is C25H31N5OS2. The number of hydrogen-bond donors (Lipinski definition) is 1. The van der Waals surface area contributed by atoms with Crippen LogP contribution in [0.25, 0.3) is 0 Å². The SMILES string of the molecule is CC1CCN(c2nnc(SCCC(=O)NC(c3ccccc3)c3cccs3)n2C2CC2)CC1. The van der Waals surface area contributed by atoms with Gasteiger partial charge >= 0.3 is 0 Å². The molecular weight excluding hydrogens is 450 g/mol. The van der Waals surface area contributed by atoms with E-state index < -0.39 is 0 Å². The fraction of sp³-hybridized carbons (Fsp3) is 0.480. The summed E-state index contributed by atoms with van der Waals surface area (Å²) in [5, 5.41) is 15.3. The molecule has 1 N–H and O–H groups in total. The van der Waals surface area contributed by atoms with Crippen LogP contribution in [0.3, 0.4) is 0 Å². The van der Waals surface area contributed by atoms with Gasteiger partial charge < -0.3 is 10.2 Å². The number of thiophene rings is 1. The molecule has 0 radical (unpaired) electrons. The van der Waals surface area contributed by atoms with Crippen LogP contribution in [0.2, 0.25) is 0 Å². The van der Waals surface area contributed by atoms with Crippen LogP contribution in [0.4, 0.5) is 5.95 Å². The standard InChI is InChI=1S/C25H31N5OS2/c1-18-11-14-29(15-12-18)24-27-28-25(30(24)20-9-10-20)33-17-13-22(31)26-23(21-8-5-16-32-21)19-6-3-2-4-7-19/h2-8,16,18,20,23H,9-15,17H2,1H3,(H,26,31). The van der Waals surface area contributed by atoms with Crippen molar-refractivity contribution in [3.05, 3.63) is 58.3 Å². The van der Waals surface area contributed by atoms with Crippen molar-refractivity contribution in [1.29, 1.82) is 0 Å². The van der Waals surface area contributed by atoms with Gasteiger partial charge in [0.2, 0.25) is 11.9 Å². The number of thioether (sulfide) groups is 1. The van der Waals surface area contributed by atoms with Gasteiger partial charge in [-0.2, -0.15) is 0 Å². The highest BCUT2D eigenvalue weighted by atomic mass is 32.2. The van der Waals surface area contributed by atoms with Crippen LogP contribution in [0.15, 0.2) is 53.0 Å². The molecule has 2 aromatic heterocycles. The van der Waals surface area contributed by atoms with Crippen molar-refractivity contribution in [3.63, 3.8) is 0 Å². The van der Waals surface area contributed by atoms with Gasteiger partial charge in [-0.15, -0.1) is 21.5 Å². The molecule has 3 heterocycles. The first-order valence-electron chi connectivity index (χ1n) is 11.9. The lowest BCUT2D eigenvalue weighted by Gasteiger charge is -2.31. The second-order valence-corrected chi connectivity index (χ2v) is 11.1. The number of amides is 1. The first-order chi connectivity index (χ1) is 16.2. The van der Waals surface area contributed by atoms with Crippen molar-refractivity contribution in [1.82, 2.24) is 20.1 Å². The third-order valence-corrected chi connectivity index (χ3v) is 8.33. The van der Waals surface area contributed by atoms with E-state index in [0.29, 0.717) is 18.2 Å². The van der Waals surface area contributed by atoms with Crippen molar-refractivity contribution in [3.8, 4) is 0 Å². The predicted octanol–water partition coefficient (Wildman–Crippen LogP) is 5.30. The molecule has 1 saturated carbocycles. The summed E-state index contributed by atoms with van der Waals surface area (Å²) >= 11 is 3.32. The van der Waals surface area contributed by atoms with E-state index in [9.17, 15) is 4.79 Å². The number of carbonyl (C=O) groups is 1. The van der Waals surface area contributed by atoms with Crippen molar-refractivity contribution in [2.24, 2.45) is 5.92 Å². The summed E-state index contributed by atoms with van der Waals surface area (Å²) in [6, 6.07) is 14.7. The molecule has 0 bridgehead atoms. The first-order valence-corrected chi connectivity index (χ1v) is 13.8. The van der Waals surface area contributed by atoms with Crippen molar-refractivity contribution in [2.75, 3.05) is 23.7 Å². The van der Waals surface area contributed by atoms with Gasteiger partial charge in [0.15, 0.2) is 5.16 Å². The molecule has 33 heavy (non-hydrogen) atoms. The van der Waals surface area contributed by atoms with Gasteiger partial charge in [0, 0.05) is 36.2 Å². The Morgan fingerprint density at radius 3 is 2.61 bits per heavy atom. The predicted molar refractivity (Wildman–Crippen MR) is 135 cm³/mol. The molecule has 1 atom stereocenters. The zero-order valence-corrected chi connectivity index (χ0v) is 20.7. The van der Waals surface area contributed by atoms with Gasteiger partial charge in [0.25, 0.3) is 0 Å². The molecule has 1 amide bonds. The molecule has 1 aliphatic heterocycles. The van der Waals surface area contributed by atoms with E-state index in [1.54, 1.807) is 23.1 Å². The smallest absolute Gasteiger partial charge is 0.228 e. The van der Waals surface area contributed by atoms with Crippen molar-refractivity contribution < 1.29 is 4.79 Å². The third kappa shape index (κ3) is 5.44. The summed E-state index contributed by atoms with van der Waals surface area (Å²) in [4.78, 5) is 16.4. The van der Waals surface area contributed by atoms with Gasteiger partial charge in [-0.25, -0.2) is 0 Å². The lowest BCUT2D eigenvalue weighted by Crippen LogP contribution is -2.34. The number of aromatic nitrogens is 3. The van der Waals surface area contributed by atoms with Gasteiger partial charge in [-0.3, -0.25) is 9.36 Å². The van der Waals surface area contributed by atoms with Crippen LogP contribution in [0.5, 0.6) is 0 Å². The molecule has 8 heteroatoms. The number of nitrogens with zero attached hydrogens (tertiary/aromatic N) is 4. The van der Waals surface area contributed by atoms with E-state index in [1.807, 2.05) is 24.3 Å². The summed E-state index contributed by atoms with van der Waals surface area (Å²) in [5.74, 6) is 2.57. The first kappa shape index (κ1) is 22.5. The van der Waals surface area contributed by atoms with E-state index in [2.05, 4.69) is 55.5 Å². The minimum Gasteiger partial charge on any atom is -0.344 e. The molecule has 3 aromatic rings. The summed E-state index contributed by atoms with van der Waals surface area (Å²) in [7, 11) is 0. The Morgan fingerprint density at radius 2 is 1.91 bits per heavy atom. The monoisotopic (exact) mass is 481 g/mol. The molecule has 1 aromatic carbocycles. The normalized spacial score (nSPS) is 17.8. The van der Waals surface area contributed by atoms with Crippen LogP contribution in [-0.2, 0) is 4.79 Å². The zero-order valence-electron chi connectivity index (χ0n) is 19.0. The maximum absolute atomic E-state index is 12.9. The molecule has 174 valence electrons. The summed E-state index contributed by atoms with van der Waals surface area (Å²) in [6.45, 7) is 4.45. The second-order valence-electron chi connectivity index (χ2n) is 9.08. The molecule has 6 nitrogen and oxygen atoms in total. The summed E-state index contributed by atoms with van der Waals surface area (Å²) in [6.07, 6.45) is 5.28. The quantitative estimate of drug-likeness (QED) is 0.420. The van der Waals surface area contributed by atoms with E-state index in [1.165, 1.54) is 25.7 Å². The maximum atomic E-state index is 12.9. The van der Waals surface area contributed by atoms with Gasteiger partial charge in [0.05, 0.1) is 6.04 Å². The number of anilines is 1. The van der Waals surface area contributed by atoms with Crippen molar-refractivity contribution in [2.45, 2.75) is 56.3 Å². The Kier molecular flexibility index (Phi) is 7.02. The molecule has 5 rings (SSSR count). The lowest BCUT2D eigenvalue weighted by molar-refractivity contribution is -0.121. The highest BCUT2D eigenvalue weighted by molar-refractivity contribution is 7.99. The fourth-order valence-electron chi connectivity index (χ4n) is 4.33. The second kappa shape index (κ2) is 10.3. The summed E-state index contributed by atoms with van der Waals surface area (Å²) < 4.78 is 2.33. The zero-order chi connectivity index (χ0) is 22.6. The number of piperidine rings is 1. The van der Waals surface area contributed by atoms with Crippen molar-refractivity contribution >= 4 is 35.0 Å². The number of rotatable bonds is 9. The molecule has 1 aliphatic carbocycles. The Balaban J connectivity index is 1.20. The molecule has 1 saturated heterocycles. The van der Waals surface area contributed by atoms with Gasteiger partial charge in [-0.1, -0.05) is 55.1 Å². The number of benzene rings is 1. The van der Waals surface area contributed by atoms with Crippen LogP contribution >= 0.6 is 23.1 Å². The third-order valence-electron chi connectivity index (χ3n) is 6.45. The Hall–Kier alpha value is -2.32. The molecule has 0 spiro atoms. The van der Waals surface area contributed by atoms with Crippen LogP contribution in [-0.4, -0.2) is 39.5 Å². The number of carbonyl (C=O) groups excluding carboxylic acids is 1. The van der Waals surface area contributed by atoms with Crippen LogP contribution in [0.1, 0.15) is 61.6 Å². The molecule has 2 fully saturated rings. The molecule has 1 unspecified atom stereocenters. The average Bonchev–Trinajstić information content (AvgIpc) is 3.35.